The molecule has 26 heavy (non-hydrogen) atoms. The van der Waals surface area contributed by atoms with Gasteiger partial charge in [0.15, 0.2) is 0 Å². The van der Waals surface area contributed by atoms with Crippen LogP contribution in [0.5, 0.6) is 0 Å². The number of carbonyl (C=O) groups is 1. The van der Waals surface area contributed by atoms with Gasteiger partial charge in [0, 0.05) is 29.3 Å². The molecule has 1 aromatic carbocycles. The molecule has 2 aliphatic rings. The number of ether oxygens (including phenoxy) is 1. The maximum absolute atomic E-state index is 12.7. The zero-order chi connectivity index (χ0) is 18.1. The lowest BCUT2D eigenvalue weighted by atomic mass is 9.78. The fourth-order valence-corrected chi connectivity index (χ4v) is 5.08. The number of aryl methyl sites for hydroxylation is 1. The van der Waals surface area contributed by atoms with E-state index < -0.39 is 0 Å². The summed E-state index contributed by atoms with van der Waals surface area (Å²) in [6, 6.07) is 10.7. The molecule has 2 N–H and O–H groups in total. The van der Waals surface area contributed by atoms with Crippen molar-refractivity contribution in [3.63, 3.8) is 0 Å². The third-order valence-electron chi connectivity index (χ3n) is 5.30. The van der Waals surface area contributed by atoms with E-state index in [9.17, 15) is 4.79 Å². The molecule has 4 nitrogen and oxygen atoms in total. The fourth-order valence-electron chi connectivity index (χ4n) is 4.07. The van der Waals surface area contributed by atoms with E-state index in [1.165, 1.54) is 15.3 Å². The number of anilines is 1. The van der Waals surface area contributed by atoms with Crippen molar-refractivity contribution < 1.29 is 9.53 Å². The molecule has 4 rings (SSSR count). The van der Waals surface area contributed by atoms with Crippen LogP contribution in [0.15, 0.2) is 42.5 Å². The van der Waals surface area contributed by atoms with Crippen LogP contribution in [0.4, 0.5) is 5.69 Å². The Kier molecular flexibility index (Phi) is 4.83. The second-order valence-electron chi connectivity index (χ2n) is 6.94. The van der Waals surface area contributed by atoms with Crippen LogP contribution in [0.2, 0.25) is 0 Å². The number of carbonyl (C=O) groups excluding carboxylic acids is 1. The van der Waals surface area contributed by atoms with Gasteiger partial charge in [-0.1, -0.05) is 24.3 Å². The van der Waals surface area contributed by atoms with Crippen molar-refractivity contribution >= 4 is 22.9 Å². The smallest absolute Gasteiger partial charge is 0.253 e. The van der Waals surface area contributed by atoms with Crippen molar-refractivity contribution in [1.82, 2.24) is 5.32 Å². The first-order valence-corrected chi connectivity index (χ1v) is 9.90. The molecule has 1 aromatic heterocycles. The minimum Gasteiger partial charge on any atom is -0.383 e. The van der Waals surface area contributed by atoms with Gasteiger partial charge >= 0.3 is 0 Å². The molecular weight excluding hydrogens is 344 g/mol. The molecule has 3 unspecified atom stereocenters. The first kappa shape index (κ1) is 17.3. The van der Waals surface area contributed by atoms with Crippen molar-refractivity contribution in [2.45, 2.75) is 25.3 Å². The van der Waals surface area contributed by atoms with Gasteiger partial charge in [-0.3, -0.25) is 4.79 Å². The number of rotatable bonds is 5. The standard InChI is InChI=1S/C21H24N2O2S/c1-13-9-10-18(26-13)20-16-7-3-5-14(16)15-6-4-8-17(19(15)23-20)21(24)22-11-12-25-2/h3-6,8-10,14,16,20,23H,7,11-12H2,1-2H3,(H,22,24). The highest BCUT2D eigenvalue weighted by Gasteiger charge is 2.39. The maximum Gasteiger partial charge on any atom is 0.253 e. The normalized spacial score (nSPS) is 23.2. The molecule has 1 aliphatic heterocycles. The number of methoxy groups -OCH3 is 1. The summed E-state index contributed by atoms with van der Waals surface area (Å²) in [7, 11) is 1.64. The topological polar surface area (TPSA) is 50.4 Å². The third kappa shape index (κ3) is 3.06. The molecule has 1 aliphatic carbocycles. The van der Waals surface area contributed by atoms with Crippen molar-refractivity contribution in [3.05, 3.63) is 63.4 Å². The highest BCUT2D eigenvalue weighted by Crippen LogP contribution is 2.51. The summed E-state index contributed by atoms with van der Waals surface area (Å²) in [5, 5.41) is 6.67. The zero-order valence-corrected chi connectivity index (χ0v) is 15.9. The number of thiophene rings is 1. The molecule has 2 heterocycles. The highest BCUT2D eigenvalue weighted by molar-refractivity contribution is 7.12. The molecule has 0 radical (unpaired) electrons. The van der Waals surface area contributed by atoms with Crippen LogP contribution in [0.25, 0.3) is 0 Å². The van der Waals surface area contributed by atoms with Crippen LogP contribution in [0, 0.1) is 12.8 Å². The number of amides is 1. The molecule has 0 bridgehead atoms. The maximum atomic E-state index is 12.7. The molecule has 1 amide bonds. The van der Waals surface area contributed by atoms with Crippen LogP contribution >= 0.6 is 11.3 Å². The molecule has 3 atom stereocenters. The average Bonchev–Trinajstić information content (AvgIpc) is 3.30. The third-order valence-corrected chi connectivity index (χ3v) is 6.38. The summed E-state index contributed by atoms with van der Waals surface area (Å²) in [5.41, 5.74) is 2.93. The van der Waals surface area contributed by atoms with Gasteiger partial charge in [-0.05, 0) is 43.0 Å². The minimum absolute atomic E-state index is 0.0482. The Balaban J connectivity index is 1.70. The quantitative estimate of drug-likeness (QED) is 0.612. The Bertz CT molecular complexity index is 842. The second kappa shape index (κ2) is 7.25. The lowest BCUT2D eigenvalue weighted by Gasteiger charge is -2.37. The Morgan fingerprint density at radius 3 is 3.00 bits per heavy atom. The van der Waals surface area contributed by atoms with Crippen LogP contribution in [0.1, 0.15) is 44.1 Å². The predicted octanol–water partition coefficient (Wildman–Crippen LogP) is 4.26. The lowest BCUT2D eigenvalue weighted by Crippen LogP contribution is -2.32. The van der Waals surface area contributed by atoms with E-state index in [1.54, 1.807) is 7.11 Å². The number of fused-ring (bicyclic) bond motifs is 3. The summed E-state index contributed by atoms with van der Waals surface area (Å²) in [6.45, 7) is 3.17. The summed E-state index contributed by atoms with van der Waals surface area (Å²) in [4.78, 5) is 15.4. The number of para-hydroxylation sites is 1. The highest BCUT2D eigenvalue weighted by atomic mass is 32.1. The van der Waals surface area contributed by atoms with E-state index in [4.69, 9.17) is 4.74 Å². The summed E-state index contributed by atoms with van der Waals surface area (Å²) in [6.07, 6.45) is 5.66. The molecule has 0 spiro atoms. The van der Waals surface area contributed by atoms with Crippen LogP contribution in [-0.4, -0.2) is 26.2 Å². The fraction of sp³-hybridized carbons (Fsp3) is 0.381. The first-order valence-electron chi connectivity index (χ1n) is 9.08. The van der Waals surface area contributed by atoms with Gasteiger partial charge in [0.1, 0.15) is 0 Å². The molecule has 0 fully saturated rings. The summed E-state index contributed by atoms with van der Waals surface area (Å²) < 4.78 is 5.04. The zero-order valence-electron chi connectivity index (χ0n) is 15.1. The Morgan fingerprint density at radius 2 is 2.23 bits per heavy atom. The van der Waals surface area contributed by atoms with E-state index in [2.05, 4.69) is 47.9 Å². The van der Waals surface area contributed by atoms with Gasteiger partial charge in [-0.2, -0.15) is 0 Å². The van der Waals surface area contributed by atoms with Crippen molar-refractivity contribution in [2.75, 3.05) is 25.6 Å². The van der Waals surface area contributed by atoms with Gasteiger partial charge in [-0.15, -0.1) is 11.3 Å². The van der Waals surface area contributed by atoms with Crippen LogP contribution < -0.4 is 10.6 Å². The number of allylic oxidation sites excluding steroid dienone is 2. The largest absolute Gasteiger partial charge is 0.383 e. The molecular formula is C21H24N2O2S. The van der Waals surface area contributed by atoms with Gasteiger partial charge in [0.2, 0.25) is 0 Å². The summed E-state index contributed by atoms with van der Waals surface area (Å²) >= 11 is 1.84. The first-order chi connectivity index (χ1) is 12.7. The Hall–Kier alpha value is -2.11. The van der Waals surface area contributed by atoms with Crippen LogP contribution in [-0.2, 0) is 4.74 Å². The lowest BCUT2D eigenvalue weighted by molar-refractivity contribution is 0.0937. The number of hydrogen-bond acceptors (Lipinski definition) is 4. The van der Waals surface area contributed by atoms with Gasteiger partial charge in [0.05, 0.1) is 23.9 Å². The average molecular weight is 369 g/mol. The Morgan fingerprint density at radius 1 is 1.35 bits per heavy atom. The van der Waals surface area contributed by atoms with Gasteiger partial charge in [-0.25, -0.2) is 0 Å². The molecule has 5 heteroatoms. The van der Waals surface area contributed by atoms with Crippen LogP contribution in [0.3, 0.4) is 0 Å². The summed E-state index contributed by atoms with van der Waals surface area (Å²) in [5.74, 6) is 0.825. The molecule has 0 saturated carbocycles. The molecule has 2 aromatic rings. The van der Waals surface area contributed by atoms with E-state index in [0.717, 1.165) is 17.7 Å². The number of nitrogens with one attached hydrogen (secondary N) is 2. The van der Waals surface area contributed by atoms with Gasteiger partial charge in [0.25, 0.3) is 5.91 Å². The molecule has 136 valence electrons. The number of benzene rings is 1. The van der Waals surface area contributed by atoms with Crippen molar-refractivity contribution in [3.8, 4) is 0 Å². The predicted molar refractivity (Wildman–Crippen MR) is 106 cm³/mol. The molecule has 0 saturated heterocycles. The van der Waals surface area contributed by atoms with Crippen molar-refractivity contribution in [1.29, 1.82) is 0 Å². The van der Waals surface area contributed by atoms with E-state index in [1.807, 2.05) is 23.5 Å². The van der Waals surface area contributed by atoms with Gasteiger partial charge < -0.3 is 15.4 Å². The minimum atomic E-state index is -0.0482. The van der Waals surface area contributed by atoms with E-state index in [0.29, 0.717) is 25.0 Å². The monoisotopic (exact) mass is 368 g/mol. The van der Waals surface area contributed by atoms with E-state index >= 15 is 0 Å². The second-order valence-corrected chi connectivity index (χ2v) is 8.26. The van der Waals surface area contributed by atoms with Crippen molar-refractivity contribution in [2.24, 2.45) is 5.92 Å². The van der Waals surface area contributed by atoms with E-state index in [-0.39, 0.29) is 11.9 Å². The number of hydrogen-bond donors (Lipinski definition) is 2. The Labute approximate surface area is 158 Å². The SMILES string of the molecule is COCCNC(=O)c1cccc2c1NC(c1ccc(C)s1)C1CC=CC21.